The van der Waals surface area contributed by atoms with Crippen LogP contribution in [0.15, 0.2) is 16.9 Å². The molecule has 84 valence electrons. The summed E-state index contributed by atoms with van der Waals surface area (Å²) in [6, 6.07) is 3.63. The topological polar surface area (TPSA) is 50.2 Å². The second-order valence-corrected chi connectivity index (χ2v) is 4.85. The Morgan fingerprint density at radius 2 is 2.19 bits per heavy atom. The van der Waals surface area contributed by atoms with Crippen molar-refractivity contribution < 1.29 is 0 Å². The van der Waals surface area contributed by atoms with Crippen molar-refractivity contribution >= 4 is 5.65 Å². The Bertz CT molecular complexity index is 590. The molecule has 2 aromatic rings. The van der Waals surface area contributed by atoms with E-state index in [0.717, 1.165) is 17.0 Å². The minimum Gasteiger partial charge on any atom is -0.293 e. The molecule has 0 amide bonds. The minimum atomic E-state index is -0.00111. The minimum absolute atomic E-state index is 0.00111. The summed E-state index contributed by atoms with van der Waals surface area (Å²) in [7, 11) is 0. The van der Waals surface area contributed by atoms with Crippen molar-refractivity contribution in [2.24, 2.45) is 0 Å². The highest BCUT2D eigenvalue weighted by molar-refractivity contribution is 5.41. The average molecular weight is 217 g/mol. The van der Waals surface area contributed by atoms with Crippen molar-refractivity contribution in [3.05, 3.63) is 33.9 Å². The predicted octanol–water partition coefficient (Wildman–Crippen LogP) is 2.02. The number of aromatic amines is 1. The van der Waals surface area contributed by atoms with Gasteiger partial charge in [0.05, 0.1) is 5.69 Å². The van der Waals surface area contributed by atoms with Gasteiger partial charge in [0.1, 0.15) is 0 Å². The van der Waals surface area contributed by atoms with Crippen LogP contribution in [0.5, 0.6) is 0 Å². The summed E-state index contributed by atoms with van der Waals surface area (Å²) in [6.45, 7) is 4.19. The number of H-pyrrole nitrogens is 1. The van der Waals surface area contributed by atoms with E-state index in [1.165, 1.54) is 17.4 Å². The number of nitrogens with zero attached hydrogens (tertiary/aromatic N) is 2. The van der Waals surface area contributed by atoms with Crippen molar-refractivity contribution in [2.75, 3.05) is 0 Å². The molecule has 0 bridgehead atoms. The van der Waals surface area contributed by atoms with E-state index >= 15 is 0 Å². The first-order chi connectivity index (χ1) is 7.65. The first-order valence-corrected chi connectivity index (χ1v) is 5.78. The van der Waals surface area contributed by atoms with Gasteiger partial charge >= 0.3 is 0 Å². The van der Waals surface area contributed by atoms with E-state index in [9.17, 15) is 4.79 Å². The molecule has 1 N–H and O–H groups in total. The number of rotatable bonds is 2. The van der Waals surface area contributed by atoms with Gasteiger partial charge in [-0.3, -0.25) is 9.89 Å². The summed E-state index contributed by atoms with van der Waals surface area (Å²) in [5, 5.41) is 3.09. The lowest BCUT2D eigenvalue weighted by Gasteiger charge is -1.98. The van der Waals surface area contributed by atoms with Crippen molar-refractivity contribution in [1.82, 2.24) is 14.6 Å². The van der Waals surface area contributed by atoms with E-state index in [-0.39, 0.29) is 5.56 Å². The number of aromatic nitrogens is 3. The zero-order chi connectivity index (χ0) is 11.3. The van der Waals surface area contributed by atoms with Crippen LogP contribution < -0.4 is 5.56 Å². The Morgan fingerprint density at radius 1 is 1.44 bits per heavy atom. The maximum absolute atomic E-state index is 11.9. The smallest absolute Gasteiger partial charge is 0.272 e. The molecule has 0 aromatic carbocycles. The Labute approximate surface area is 93.3 Å². The Hall–Kier alpha value is -1.58. The van der Waals surface area contributed by atoms with Gasteiger partial charge in [0.25, 0.3) is 5.56 Å². The van der Waals surface area contributed by atoms with Gasteiger partial charge in [-0.1, -0.05) is 13.8 Å². The lowest BCUT2D eigenvalue weighted by atomic mass is 10.1. The molecule has 1 aliphatic carbocycles. The molecule has 0 radical (unpaired) electrons. The predicted molar refractivity (Wildman–Crippen MR) is 61.9 cm³/mol. The van der Waals surface area contributed by atoms with Crippen molar-refractivity contribution in [1.29, 1.82) is 0 Å². The quantitative estimate of drug-likeness (QED) is 0.836. The van der Waals surface area contributed by atoms with Crippen molar-refractivity contribution in [3.63, 3.8) is 0 Å². The Balaban J connectivity index is 2.21. The van der Waals surface area contributed by atoms with Gasteiger partial charge in [-0.05, 0) is 18.8 Å². The van der Waals surface area contributed by atoms with Crippen LogP contribution in [0, 0.1) is 0 Å². The van der Waals surface area contributed by atoms with Crippen LogP contribution in [-0.2, 0) is 0 Å². The zero-order valence-corrected chi connectivity index (χ0v) is 9.53. The number of hydrogen-bond acceptors (Lipinski definition) is 2. The summed E-state index contributed by atoms with van der Waals surface area (Å²) < 4.78 is 1.53. The molecule has 3 rings (SSSR count). The molecule has 4 nitrogen and oxygen atoms in total. The van der Waals surface area contributed by atoms with Gasteiger partial charge in [0.15, 0.2) is 5.65 Å². The Morgan fingerprint density at radius 3 is 2.81 bits per heavy atom. The molecule has 0 spiro atoms. The lowest BCUT2D eigenvalue weighted by Crippen LogP contribution is -2.15. The van der Waals surface area contributed by atoms with Gasteiger partial charge in [-0.2, -0.15) is 0 Å². The van der Waals surface area contributed by atoms with E-state index in [1.807, 2.05) is 6.07 Å². The molecule has 2 heterocycles. The summed E-state index contributed by atoms with van der Waals surface area (Å²) in [5.41, 5.74) is 2.76. The highest BCUT2D eigenvalue weighted by Crippen LogP contribution is 2.38. The largest absolute Gasteiger partial charge is 0.293 e. The number of nitrogens with one attached hydrogen (secondary N) is 1. The molecule has 1 fully saturated rings. The summed E-state index contributed by atoms with van der Waals surface area (Å²) in [6.07, 6.45) is 2.34. The van der Waals surface area contributed by atoms with Crippen molar-refractivity contribution in [3.8, 4) is 0 Å². The third kappa shape index (κ3) is 1.45. The third-order valence-corrected chi connectivity index (χ3v) is 3.11. The molecule has 4 heteroatoms. The second-order valence-electron chi connectivity index (χ2n) is 4.85. The summed E-state index contributed by atoms with van der Waals surface area (Å²) in [4.78, 5) is 16.4. The SMILES string of the molecule is CC(C)c1cc2nc(C3CC3)cc(=O)n2[nH]1. The fourth-order valence-electron chi connectivity index (χ4n) is 1.91. The van der Waals surface area contributed by atoms with Crippen molar-refractivity contribution in [2.45, 2.75) is 38.5 Å². The maximum Gasteiger partial charge on any atom is 0.272 e. The summed E-state index contributed by atoms with van der Waals surface area (Å²) in [5.74, 6) is 0.903. The van der Waals surface area contributed by atoms with Gasteiger partial charge in [-0.25, -0.2) is 9.50 Å². The highest BCUT2D eigenvalue weighted by Gasteiger charge is 2.26. The molecule has 0 atom stereocenters. The lowest BCUT2D eigenvalue weighted by molar-refractivity contribution is 0.773. The normalized spacial score (nSPS) is 16.2. The molecular weight excluding hydrogens is 202 g/mol. The monoisotopic (exact) mass is 217 g/mol. The molecule has 0 unspecified atom stereocenters. The fourth-order valence-corrected chi connectivity index (χ4v) is 1.91. The summed E-state index contributed by atoms with van der Waals surface area (Å²) >= 11 is 0. The van der Waals surface area contributed by atoms with E-state index in [0.29, 0.717) is 11.8 Å². The van der Waals surface area contributed by atoms with E-state index in [4.69, 9.17) is 0 Å². The third-order valence-electron chi connectivity index (χ3n) is 3.11. The number of hydrogen-bond donors (Lipinski definition) is 1. The van der Waals surface area contributed by atoms with Crippen LogP contribution in [0.25, 0.3) is 5.65 Å². The molecular formula is C12H15N3O. The van der Waals surface area contributed by atoms with E-state index in [2.05, 4.69) is 23.9 Å². The van der Waals surface area contributed by atoms with Crippen LogP contribution in [0.2, 0.25) is 0 Å². The van der Waals surface area contributed by atoms with Gasteiger partial charge in [-0.15, -0.1) is 0 Å². The maximum atomic E-state index is 11.9. The molecule has 16 heavy (non-hydrogen) atoms. The first kappa shape index (κ1) is 9.63. The second kappa shape index (κ2) is 3.20. The highest BCUT2D eigenvalue weighted by atomic mass is 16.1. The zero-order valence-electron chi connectivity index (χ0n) is 9.53. The van der Waals surface area contributed by atoms with Gasteiger partial charge in [0.2, 0.25) is 0 Å². The first-order valence-electron chi connectivity index (χ1n) is 5.78. The fraction of sp³-hybridized carbons (Fsp3) is 0.500. The molecule has 0 aliphatic heterocycles. The Kier molecular flexibility index (Phi) is 1.93. The number of fused-ring (bicyclic) bond motifs is 1. The molecule has 1 aliphatic rings. The average Bonchev–Trinajstić information content (AvgIpc) is 2.97. The molecule has 1 saturated carbocycles. The van der Waals surface area contributed by atoms with Crippen LogP contribution in [0.4, 0.5) is 0 Å². The van der Waals surface area contributed by atoms with Crippen LogP contribution in [-0.4, -0.2) is 14.6 Å². The van der Waals surface area contributed by atoms with Crippen LogP contribution in [0.3, 0.4) is 0 Å². The molecule has 2 aromatic heterocycles. The van der Waals surface area contributed by atoms with E-state index < -0.39 is 0 Å². The van der Waals surface area contributed by atoms with Gasteiger partial charge < -0.3 is 0 Å². The molecule has 0 saturated heterocycles. The van der Waals surface area contributed by atoms with E-state index in [1.54, 1.807) is 6.07 Å². The van der Waals surface area contributed by atoms with Gasteiger partial charge in [0, 0.05) is 23.7 Å². The van der Waals surface area contributed by atoms with Crippen LogP contribution >= 0.6 is 0 Å². The standard InChI is InChI=1S/C12H15N3O/c1-7(2)9-5-11-13-10(8-3-4-8)6-12(16)15(11)14-9/h5-8,14H,3-4H2,1-2H3. The van der Waals surface area contributed by atoms with Crippen LogP contribution in [0.1, 0.15) is 49.9 Å².